The molecule has 1 aromatic rings. The minimum atomic E-state index is 0.406. The summed E-state index contributed by atoms with van der Waals surface area (Å²) >= 11 is 0. The van der Waals surface area contributed by atoms with E-state index >= 15 is 0 Å². The van der Waals surface area contributed by atoms with Crippen LogP contribution in [0.25, 0.3) is 0 Å². The number of epoxide rings is 2. The van der Waals surface area contributed by atoms with Crippen LogP contribution in [-0.4, -0.2) is 49.6 Å². The quantitative estimate of drug-likeness (QED) is 0.528. The van der Waals surface area contributed by atoms with E-state index in [0.29, 0.717) is 18.4 Å². The SMILES string of the molecule is CCCC(NCc1ccccc1)N(CC1CO1)CC1CO1. The summed E-state index contributed by atoms with van der Waals surface area (Å²) in [6, 6.07) is 10.6. The summed E-state index contributed by atoms with van der Waals surface area (Å²) in [5.74, 6) is 0. The molecule has 21 heavy (non-hydrogen) atoms. The molecule has 2 fully saturated rings. The summed E-state index contributed by atoms with van der Waals surface area (Å²) in [7, 11) is 0. The van der Waals surface area contributed by atoms with Crippen molar-refractivity contribution in [2.45, 2.75) is 44.7 Å². The molecule has 1 N–H and O–H groups in total. The van der Waals surface area contributed by atoms with E-state index < -0.39 is 0 Å². The lowest BCUT2D eigenvalue weighted by atomic mass is 10.2. The van der Waals surface area contributed by atoms with Crippen molar-refractivity contribution < 1.29 is 9.47 Å². The first-order valence-corrected chi connectivity index (χ1v) is 8.09. The van der Waals surface area contributed by atoms with Gasteiger partial charge >= 0.3 is 0 Å². The van der Waals surface area contributed by atoms with E-state index in [4.69, 9.17) is 9.47 Å². The summed E-state index contributed by atoms with van der Waals surface area (Å²) in [4.78, 5) is 2.52. The maximum Gasteiger partial charge on any atom is 0.0937 e. The summed E-state index contributed by atoms with van der Waals surface area (Å²) in [5.41, 5.74) is 1.34. The van der Waals surface area contributed by atoms with Gasteiger partial charge in [0.2, 0.25) is 0 Å². The number of nitrogens with zero attached hydrogens (tertiary/aromatic N) is 1. The molecule has 116 valence electrons. The van der Waals surface area contributed by atoms with Crippen molar-refractivity contribution in [1.29, 1.82) is 0 Å². The Labute approximate surface area is 127 Å². The fourth-order valence-electron chi connectivity index (χ4n) is 2.72. The highest BCUT2D eigenvalue weighted by atomic mass is 16.6. The van der Waals surface area contributed by atoms with Gasteiger partial charge in [-0.2, -0.15) is 0 Å². The zero-order chi connectivity index (χ0) is 14.5. The number of ether oxygens (including phenoxy) is 2. The van der Waals surface area contributed by atoms with Gasteiger partial charge < -0.3 is 9.47 Å². The second kappa shape index (κ2) is 7.36. The van der Waals surface area contributed by atoms with E-state index in [1.807, 2.05) is 0 Å². The van der Waals surface area contributed by atoms with Gasteiger partial charge in [-0.3, -0.25) is 10.2 Å². The van der Waals surface area contributed by atoms with Gasteiger partial charge in [-0.05, 0) is 12.0 Å². The minimum Gasteiger partial charge on any atom is -0.372 e. The van der Waals surface area contributed by atoms with Crippen LogP contribution in [0, 0.1) is 0 Å². The van der Waals surface area contributed by atoms with Gasteiger partial charge in [0.1, 0.15) is 0 Å². The van der Waals surface area contributed by atoms with Gasteiger partial charge in [0, 0.05) is 19.6 Å². The molecule has 2 heterocycles. The molecule has 0 saturated carbocycles. The normalized spacial score (nSPS) is 25.0. The van der Waals surface area contributed by atoms with Gasteiger partial charge in [-0.15, -0.1) is 0 Å². The van der Waals surface area contributed by atoms with Crippen LogP contribution in [0.15, 0.2) is 30.3 Å². The highest BCUT2D eigenvalue weighted by Gasteiger charge is 2.33. The molecule has 2 aliphatic heterocycles. The molecule has 2 aliphatic rings. The van der Waals surface area contributed by atoms with Crippen molar-refractivity contribution >= 4 is 0 Å². The van der Waals surface area contributed by atoms with Crippen LogP contribution in [0.4, 0.5) is 0 Å². The Balaban J connectivity index is 1.56. The van der Waals surface area contributed by atoms with E-state index in [2.05, 4.69) is 47.5 Å². The van der Waals surface area contributed by atoms with Crippen LogP contribution in [0.3, 0.4) is 0 Å². The van der Waals surface area contributed by atoms with Crippen LogP contribution in [0.5, 0.6) is 0 Å². The third kappa shape index (κ3) is 5.08. The molecule has 0 spiro atoms. The number of hydrogen-bond donors (Lipinski definition) is 1. The Kier molecular flexibility index (Phi) is 5.25. The molecule has 3 atom stereocenters. The fourth-order valence-corrected chi connectivity index (χ4v) is 2.72. The van der Waals surface area contributed by atoms with Crippen molar-refractivity contribution in [1.82, 2.24) is 10.2 Å². The van der Waals surface area contributed by atoms with Crippen LogP contribution in [-0.2, 0) is 16.0 Å². The maximum absolute atomic E-state index is 5.42. The van der Waals surface area contributed by atoms with Gasteiger partial charge in [0.15, 0.2) is 0 Å². The average Bonchev–Trinajstić information content (AvgIpc) is 3.40. The van der Waals surface area contributed by atoms with E-state index in [1.165, 1.54) is 12.0 Å². The zero-order valence-electron chi connectivity index (χ0n) is 12.8. The molecule has 1 aromatic carbocycles. The monoisotopic (exact) mass is 290 g/mol. The molecule has 0 bridgehead atoms. The first-order valence-electron chi connectivity index (χ1n) is 8.09. The smallest absolute Gasteiger partial charge is 0.0937 e. The molecule has 4 heteroatoms. The zero-order valence-corrected chi connectivity index (χ0v) is 12.8. The van der Waals surface area contributed by atoms with E-state index in [0.717, 1.165) is 39.3 Å². The molecule has 3 unspecified atom stereocenters. The molecule has 2 saturated heterocycles. The summed E-state index contributed by atoms with van der Waals surface area (Å²) in [6.07, 6.45) is 3.61. The summed E-state index contributed by atoms with van der Waals surface area (Å²) in [6.45, 7) is 7.04. The van der Waals surface area contributed by atoms with Gasteiger partial charge in [0.05, 0.1) is 31.6 Å². The Morgan fingerprint density at radius 2 is 1.76 bits per heavy atom. The van der Waals surface area contributed by atoms with Crippen LogP contribution >= 0.6 is 0 Å². The van der Waals surface area contributed by atoms with Crippen LogP contribution in [0.2, 0.25) is 0 Å². The van der Waals surface area contributed by atoms with Crippen molar-refractivity contribution in [2.75, 3.05) is 26.3 Å². The van der Waals surface area contributed by atoms with Gasteiger partial charge in [0.25, 0.3) is 0 Å². The molecule has 0 aliphatic carbocycles. The Morgan fingerprint density at radius 3 is 2.29 bits per heavy atom. The second-order valence-corrected chi connectivity index (χ2v) is 6.04. The van der Waals surface area contributed by atoms with Gasteiger partial charge in [-0.25, -0.2) is 0 Å². The molecule has 0 aromatic heterocycles. The molecule has 0 amide bonds. The highest BCUT2D eigenvalue weighted by Crippen LogP contribution is 2.19. The number of rotatable bonds is 10. The topological polar surface area (TPSA) is 40.3 Å². The first-order chi connectivity index (χ1) is 10.3. The van der Waals surface area contributed by atoms with Crippen molar-refractivity contribution in [3.8, 4) is 0 Å². The van der Waals surface area contributed by atoms with Crippen molar-refractivity contribution in [3.63, 3.8) is 0 Å². The largest absolute Gasteiger partial charge is 0.372 e. The standard InChI is InChI=1S/C17H26N2O2/c1-2-6-17(18-9-14-7-4-3-5-8-14)19(10-15-12-20-15)11-16-13-21-16/h3-5,7-8,15-18H,2,6,9-13H2,1H3. The lowest BCUT2D eigenvalue weighted by Gasteiger charge is -2.31. The number of nitrogens with one attached hydrogen (secondary N) is 1. The van der Waals surface area contributed by atoms with E-state index in [9.17, 15) is 0 Å². The van der Waals surface area contributed by atoms with Crippen LogP contribution < -0.4 is 5.32 Å². The second-order valence-electron chi connectivity index (χ2n) is 6.04. The third-order valence-corrected chi connectivity index (χ3v) is 4.07. The summed E-state index contributed by atoms with van der Waals surface area (Å²) < 4.78 is 10.8. The summed E-state index contributed by atoms with van der Waals surface area (Å²) in [5, 5.41) is 3.72. The minimum absolute atomic E-state index is 0.406. The van der Waals surface area contributed by atoms with Crippen molar-refractivity contribution in [2.24, 2.45) is 0 Å². The molecule has 4 nitrogen and oxygen atoms in total. The molecule has 3 rings (SSSR count). The predicted molar refractivity (Wildman–Crippen MR) is 83.0 cm³/mol. The predicted octanol–water partition coefficient (Wildman–Crippen LogP) is 2.00. The average molecular weight is 290 g/mol. The maximum atomic E-state index is 5.42. The Bertz CT molecular complexity index is 404. The Hall–Kier alpha value is -0.940. The number of hydrogen-bond acceptors (Lipinski definition) is 4. The number of benzene rings is 1. The van der Waals surface area contributed by atoms with Gasteiger partial charge in [-0.1, -0.05) is 43.7 Å². The third-order valence-electron chi connectivity index (χ3n) is 4.07. The lowest BCUT2D eigenvalue weighted by Crippen LogP contribution is -2.48. The molecular weight excluding hydrogens is 264 g/mol. The molecule has 0 radical (unpaired) electrons. The van der Waals surface area contributed by atoms with Crippen molar-refractivity contribution in [3.05, 3.63) is 35.9 Å². The van der Waals surface area contributed by atoms with Crippen LogP contribution in [0.1, 0.15) is 25.3 Å². The lowest BCUT2D eigenvalue weighted by molar-refractivity contribution is 0.129. The highest BCUT2D eigenvalue weighted by molar-refractivity contribution is 5.14. The first kappa shape index (κ1) is 15.0. The van der Waals surface area contributed by atoms with E-state index in [-0.39, 0.29) is 0 Å². The fraction of sp³-hybridized carbons (Fsp3) is 0.647. The molecular formula is C17H26N2O2. The Morgan fingerprint density at radius 1 is 1.14 bits per heavy atom. The van der Waals surface area contributed by atoms with E-state index in [1.54, 1.807) is 0 Å².